The Labute approximate surface area is 96.2 Å². The Morgan fingerprint density at radius 1 is 1.13 bits per heavy atom. The summed E-state index contributed by atoms with van der Waals surface area (Å²) in [5, 5.41) is 0. The number of likely N-dealkylation sites (N-methyl/N-ethyl adjacent to an activating group) is 1. The first-order valence-electron chi connectivity index (χ1n) is 6.66. The Morgan fingerprint density at radius 2 is 1.80 bits per heavy atom. The summed E-state index contributed by atoms with van der Waals surface area (Å²) in [6.45, 7) is 11.0. The van der Waals surface area contributed by atoms with Crippen LogP contribution in [0.1, 0.15) is 59.8 Å². The van der Waals surface area contributed by atoms with Crippen molar-refractivity contribution >= 4 is 0 Å². The summed E-state index contributed by atoms with van der Waals surface area (Å²) in [5.41, 5.74) is 5.88. The van der Waals surface area contributed by atoms with E-state index >= 15 is 0 Å². The van der Waals surface area contributed by atoms with Gasteiger partial charge in [0.2, 0.25) is 0 Å². The van der Waals surface area contributed by atoms with Crippen LogP contribution in [0.5, 0.6) is 0 Å². The van der Waals surface area contributed by atoms with Gasteiger partial charge in [-0.05, 0) is 26.3 Å². The smallest absolute Gasteiger partial charge is 0.0221 e. The van der Waals surface area contributed by atoms with Crippen LogP contribution in [0.4, 0.5) is 0 Å². The van der Waals surface area contributed by atoms with Gasteiger partial charge in [-0.15, -0.1) is 0 Å². The maximum atomic E-state index is 5.88. The Hall–Kier alpha value is -0.0800. The summed E-state index contributed by atoms with van der Waals surface area (Å²) in [6.07, 6.45) is 6.45. The minimum Gasteiger partial charge on any atom is -0.329 e. The zero-order valence-corrected chi connectivity index (χ0v) is 11.1. The second kappa shape index (κ2) is 9.17. The molecule has 2 N–H and O–H groups in total. The molecule has 0 fully saturated rings. The average molecular weight is 214 g/mol. The van der Waals surface area contributed by atoms with Crippen molar-refractivity contribution in [3.05, 3.63) is 0 Å². The summed E-state index contributed by atoms with van der Waals surface area (Å²) in [7, 11) is 0. The topological polar surface area (TPSA) is 29.3 Å². The predicted octanol–water partition coefficient (Wildman–Crippen LogP) is 3.01. The van der Waals surface area contributed by atoms with E-state index in [-0.39, 0.29) is 0 Å². The second-order valence-corrected chi connectivity index (χ2v) is 4.47. The fourth-order valence-corrected chi connectivity index (χ4v) is 2.21. The molecule has 0 aliphatic carbocycles. The molecule has 15 heavy (non-hydrogen) atoms. The van der Waals surface area contributed by atoms with Crippen LogP contribution in [0.2, 0.25) is 0 Å². The Morgan fingerprint density at radius 3 is 2.20 bits per heavy atom. The highest BCUT2D eigenvalue weighted by Crippen LogP contribution is 2.14. The molecule has 92 valence electrons. The van der Waals surface area contributed by atoms with Crippen molar-refractivity contribution in [3.8, 4) is 0 Å². The quantitative estimate of drug-likeness (QED) is 0.598. The standard InChI is InChI=1S/C13H30N2/c1-5-8-9-10-13(11-14)15(7-3)12(4)6-2/h12-13H,5-11,14H2,1-4H3. The molecule has 0 aliphatic rings. The molecular weight excluding hydrogens is 184 g/mol. The Balaban J connectivity index is 4.08. The van der Waals surface area contributed by atoms with Gasteiger partial charge in [0, 0.05) is 18.6 Å². The lowest BCUT2D eigenvalue weighted by Gasteiger charge is -2.34. The van der Waals surface area contributed by atoms with Gasteiger partial charge >= 0.3 is 0 Å². The number of nitrogens with zero attached hydrogens (tertiary/aromatic N) is 1. The SMILES string of the molecule is CCCCCC(CN)N(CC)C(C)CC. The van der Waals surface area contributed by atoms with E-state index in [4.69, 9.17) is 5.73 Å². The van der Waals surface area contributed by atoms with Crippen LogP contribution in [0, 0.1) is 0 Å². The van der Waals surface area contributed by atoms with E-state index in [1.54, 1.807) is 0 Å². The van der Waals surface area contributed by atoms with E-state index in [2.05, 4.69) is 32.6 Å². The third kappa shape index (κ3) is 5.53. The molecule has 0 aromatic carbocycles. The van der Waals surface area contributed by atoms with Crippen LogP contribution in [-0.2, 0) is 0 Å². The molecule has 2 unspecified atom stereocenters. The molecule has 0 aromatic heterocycles. The fourth-order valence-electron chi connectivity index (χ4n) is 2.21. The van der Waals surface area contributed by atoms with Gasteiger partial charge in [-0.1, -0.05) is 40.0 Å². The highest BCUT2D eigenvalue weighted by Gasteiger charge is 2.19. The zero-order chi connectivity index (χ0) is 11.7. The van der Waals surface area contributed by atoms with Crippen LogP contribution in [-0.4, -0.2) is 30.1 Å². The van der Waals surface area contributed by atoms with E-state index in [1.807, 2.05) is 0 Å². The number of unbranched alkanes of at least 4 members (excludes halogenated alkanes) is 2. The van der Waals surface area contributed by atoms with Crippen LogP contribution in [0.3, 0.4) is 0 Å². The molecule has 2 heteroatoms. The molecule has 0 saturated heterocycles. The monoisotopic (exact) mass is 214 g/mol. The summed E-state index contributed by atoms with van der Waals surface area (Å²) in [5.74, 6) is 0. The van der Waals surface area contributed by atoms with Gasteiger partial charge in [-0.2, -0.15) is 0 Å². The van der Waals surface area contributed by atoms with Gasteiger partial charge in [0.1, 0.15) is 0 Å². The van der Waals surface area contributed by atoms with E-state index < -0.39 is 0 Å². The number of hydrogen-bond donors (Lipinski definition) is 1. The third-order valence-corrected chi connectivity index (χ3v) is 3.40. The summed E-state index contributed by atoms with van der Waals surface area (Å²) in [6, 6.07) is 1.27. The van der Waals surface area contributed by atoms with Crippen molar-refractivity contribution in [2.75, 3.05) is 13.1 Å². The van der Waals surface area contributed by atoms with E-state index in [1.165, 1.54) is 32.1 Å². The molecule has 0 saturated carbocycles. The summed E-state index contributed by atoms with van der Waals surface area (Å²) in [4.78, 5) is 2.57. The van der Waals surface area contributed by atoms with Gasteiger partial charge in [0.05, 0.1) is 0 Å². The molecule has 0 rings (SSSR count). The van der Waals surface area contributed by atoms with Gasteiger partial charge in [0.25, 0.3) is 0 Å². The molecule has 0 amide bonds. The normalized spacial score (nSPS) is 15.6. The fraction of sp³-hybridized carbons (Fsp3) is 1.00. The second-order valence-electron chi connectivity index (χ2n) is 4.47. The van der Waals surface area contributed by atoms with Crippen molar-refractivity contribution in [1.82, 2.24) is 4.90 Å². The maximum absolute atomic E-state index is 5.88. The largest absolute Gasteiger partial charge is 0.329 e. The van der Waals surface area contributed by atoms with Gasteiger partial charge in [0.15, 0.2) is 0 Å². The van der Waals surface area contributed by atoms with E-state index in [0.29, 0.717) is 12.1 Å². The molecule has 0 aliphatic heterocycles. The number of rotatable bonds is 9. The number of nitrogens with two attached hydrogens (primary N) is 1. The highest BCUT2D eigenvalue weighted by atomic mass is 15.2. The maximum Gasteiger partial charge on any atom is 0.0221 e. The van der Waals surface area contributed by atoms with Crippen molar-refractivity contribution in [1.29, 1.82) is 0 Å². The molecule has 0 radical (unpaired) electrons. The van der Waals surface area contributed by atoms with Crippen molar-refractivity contribution in [2.24, 2.45) is 5.73 Å². The molecular formula is C13H30N2. The Kier molecular flexibility index (Phi) is 9.12. The average Bonchev–Trinajstić information content (AvgIpc) is 2.27. The molecule has 0 spiro atoms. The minimum absolute atomic E-state index is 0.594. The van der Waals surface area contributed by atoms with Crippen molar-refractivity contribution in [2.45, 2.75) is 71.9 Å². The van der Waals surface area contributed by atoms with Gasteiger partial charge < -0.3 is 5.73 Å². The van der Waals surface area contributed by atoms with Gasteiger partial charge in [-0.3, -0.25) is 4.90 Å². The number of hydrogen-bond acceptors (Lipinski definition) is 2. The van der Waals surface area contributed by atoms with E-state index in [0.717, 1.165) is 13.1 Å². The van der Waals surface area contributed by atoms with Crippen LogP contribution in [0.25, 0.3) is 0 Å². The lowest BCUT2D eigenvalue weighted by atomic mass is 10.0. The predicted molar refractivity (Wildman–Crippen MR) is 69.1 cm³/mol. The Bertz CT molecular complexity index is 136. The van der Waals surface area contributed by atoms with E-state index in [9.17, 15) is 0 Å². The molecule has 0 bridgehead atoms. The third-order valence-electron chi connectivity index (χ3n) is 3.40. The van der Waals surface area contributed by atoms with Crippen LogP contribution in [0.15, 0.2) is 0 Å². The summed E-state index contributed by atoms with van der Waals surface area (Å²) >= 11 is 0. The first-order valence-corrected chi connectivity index (χ1v) is 6.66. The zero-order valence-electron chi connectivity index (χ0n) is 11.1. The first kappa shape index (κ1) is 14.9. The molecule has 2 atom stereocenters. The lowest BCUT2D eigenvalue weighted by Crippen LogP contribution is -2.45. The molecule has 0 aromatic rings. The summed E-state index contributed by atoms with van der Waals surface area (Å²) < 4.78 is 0. The molecule has 2 nitrogen and oxygen atoms in total. The van der Waals surface area contributed by atoms with Crippen molar-refractivity contribution in [3.63, 3.8) is 0 Å². The van der Waals surface area contributed by atoms with Crippen LogP contribution < -0.4 is 5.73 Å². The van der Waals surface area contributed by atoms with Crippen LogP contribution >= 0.6 is 0 Å². The highest BCUT2D eigenvalue weighted by molar-refractivity contribution is 4.76. The minimum atomic E-state index is 0.594. The lowest BCUT2D eigenvalue weighted by molar-refractivity contribution is 0.142. The molecule has 0 heterocycles. The van der Waals surface area contributed by atoms with Gasteiger partial charge in [-0.25, -0.2) is 0 Å². The van der Waals surface area contributed by atoms with Crippen molar-refractivity contribution < 1.29 is 0 Å². The first-order chi connectivity index (χ1) is 7.21.